The average Bonchev–Trinajstić information content (AvgIpc) is 3.90. The normalized spacial score (nSPS) is 19.6. The number of anilines is 2. The van der Waals surface area contributed by atoms with Crippen LogP contribution in [0.2, 0.25) is 0 Å². The van der Waals surface area contributed by atoms with Gasteiger partial charge in [0.2, 0.25) is 5.79 Å². The molecule has 4 heterocycles. The molecule has 0 aliphatic carbocycles. The lowest BCUT2D eigenvalue weighted by atomic mass is 10.0. The number of nitrogens with zero attached hydrogens (tertiary/aromatic N) is 8. The van der Waals surface area contributed by atoms with Crippen molar-refractivity contribution in [2.75, 3.05) is 55.4 Å². The van der Waals surface area contributed by atoms with E-state index in [0.717, 1.165) is 55.9 Å². The monoisotopic (exact) mass is 766 g/mol. The van der Waals surface area contributed by atoms with Crippen molar-refractivity contribution in [3.05, 3.63) is 107 Å². The SMILES string of the molecule is CCC(C)n1nc(OS(C)(=O)=O)n(-c2ccc(N3CCN(c4ccc(OCC5COC(Cn6cncn6)(c6ccc(F)cc6F)O5)cc4)CC3)cc2)c1=O. The van der Waals surface area contributed by atoms with Gasteiger partial charge in [-0.2, -0.15) is 13.5 Å². The van der Waals surface area contributed by atoms with E-state index in [1.807, 2.05) is 50.2 Å². The highest BCUT2D eigenvalue weighted by atomic mass is 32.2. The molecule has 54 heavy (non-hydrogen) atoms. The fraction of sp³-hybridized carbons (Fsp3) is 0.389. The second-order valence-corrected chi connectivity index (χ2v) is 14.8. The molecule has 15 nitrogen and oxygen atoms in total. The van der Waals surface area contributed by atoms with E-state index in [1.54, 1.807) is 12.1 Å². The molecule has 0 N–H and O–H groups in total. The first-order valence-electron chi connectivity index (χ1n) is 17.5. The molecule has 2 saturated heterocycles. The number of halogens is 2. The van der Waals surface area contributed by atoms with E-state index >= 15 is 0 Å². The molecule has 2 fully saturated rings. The number of aromatic nitrogens is 6. The third kappa shape index (κ3) is 7.95. The Balaban J connectivity index is 0.947. The van der Waals surface area contributed by atoms with Gasteiger partial charge >= 0.3 is 21.8 Å². The van der Waals surface area contributed by atoms with Crippen LogP contribution in [-0.2, 0) is 31.9 Å². The smallest absolute Gasteiger partial charge is 0.353 e. The lowest BCUT2D eigenvalue weighted by Gasteiger charge is -2.37. The third-order valence-electron chi connectivity index (χ3n) is 9.43. The summed E-state index contributed by atoms with van der Waals surface area (Å²) < 4.78 is 79.7. The van der Waals surface area contributed by atoms with Gasteiger partial charge in [-0.15, -0.1) is 5.10 Å². The van der Waals surface area contributed by atoms with E-state index in [9.17, 15) is 22.0 Å². The molecule has 2 aromatic heterocycles. The van der Waals surface area contributed by atoms with Gasteiger partial charge in [-0.25, -0.2) is 32.5 Å². The Morgan fingerprint density at radius 1 is 0.963 bits per heavy atom. The van der Waals surface area contributed by atoms with E-state index < -0.39 is 39.3 Å². The van der Waals surface area contributed by atoms with Gasteiger partial charge in [0.15, 0.2) is 0 Å². The molecule has 0 saturated carbocycles. The van der Waals surface area contributed by atoms with Gasteiger partial charge in [-0.05, 0) is 74.0 Å². The largest absolute Gasteiger partial charge is 0.491 e. The lowest BCUT2D eigenvalue weighted by Crippen LogP contribution is -2.46. The average molecular weight is 767 g/mol. The number of hydrogen-bond donors (Lipinski definition) is 0. The highest BCUT2D eigenvalue weighted by Crippen LogP contribution is 2.38. The Kier molecular flexibility index (Phi) is 10.4. The molecule has 286 valence electrons. The van der Waals surface area contributed by atoms with Gasteiger partial charge in [0.1, 0.15) is 49.3 Å². The number of rotatable bonds is 13. The number of ether oxygens (including phenoxy) is 3. The molecule has 3 atom stereocenters. The van der Waals surface area contributed by atoms with Crippen LogP contribution in [0.15, 0.2) is 84.2 Å². The summed E-state index contributed by atoms with van der Waals surface area (Å²) in [4.78, 5) is 21.7. The number of benzene rings is 3. The Morgan fingerprint density at radius 3 is 2.20 bits per heavy atom. The second-order valence-electron chi connectivity index (χ2n) is 13.2. The summed E-state index contributed by atoms with van der Waals surface area (Å²) in [7, 11) is -3.92. The predicted molar refractivity (Wildman–Crippen MR) is 194 cm³/mol. The molecule has 0 bridgehead atoms. The van der Waals surface area contributed by atoms with Crippen molar-refractivity contribution in [3.63, 3.8) is 0 Å². The minimum Gasteiger partial charge on any atom is -0.491 e. The van der Waals surface area contributed by atoms with Crippen molar-refractivity contribution < 1.29 is 35.6 Å². The summed E-state index contributed by atoms with van der Waals surface area (Å²) in [6, 6.07) is 17.7. The van der Waals surface area contributed by atoms with Crippen molar-refractivity contribution in [2.24, 2.45) is 0 Å². The maximum Gasteiger partial charge on any atom is 0.353 e. The zero-order valence-electron chi connectivity index (χ0n) is 29.9. The van der Waals surface area contributed by atoms with Crippen LogP contribution < -0.4 is 24.4 Å². The first-order chi connectivity index (χ1) is 25.9. The molecule has 3 unspecified atom stereocenters. The van der Waals surface area contributed by atoms with E-state index in [0.29, 0.717) is 17.9 Å². The molecule has 0 spiro atoms. The van der Waals surface area contributed by atoms with Crippen molar-refractivity contribution in [3.8, 4) is 17.4 Å². The van der Waals surface area contributed by atoms with Crippen LogP contribution >= 0.6 is 0 Å². The fourth-order valence-electron chi connectivity index (χ4n) is 6.49. The van der Waals surface area contributed by atoms with Crippen LogP contribution in [0, 0.1) is 11.6 Å². The zero-order valence-corrected chi connectivity index (χ0v) is 30.7. The molecule has 2 aliphatic rings. The van der Waals surface area contributed by atoms with Crippen LogP contribution in [-0.4, -0.2) is 89.3 Å². The molecular weight excluding hydrogens is 727 g/mol. The van der Waals surface area contributed by atoms with E-state index in [-0.39, 0.29) is 37.4 Å². The highest BCUT2D eigenvalue weighted by Gasteiger charge is 2.46. The second kappa shape index (κ2) is 15.2. The van der Waals surface area contributed by atoms with Crippen molar-refractivity contribution in [1.82, 2.24) is 29.1 Å². The maximum absolute atomic E-state index is 14.9. The van der Waals surface area contributed by atoms with Gasteiger partial charge in [0, 0.05) is 49.2 Å². The summed E-state index contributed by atoms with van der Waals surface area (Å²) in [6.07, 6.45) is 3.82. The lowest BCUT2D eigenvalue weighted by molar-refractivity contribution is -0.192. The molecule has 18 heteroatoms. The van der Waals surface area contributed by atoms with E-state index in [2.05, 4.69) is 25.0 Å². The van der Waals surface area contributed by atoms with Crippen molar-refractivity contribution in [1.29, 1.82) is 0 Å². The Hall–Kier alpha value is -5.33. The first-order valence-corrected chi connectivity index (χ1v) is 19.3. The number of hydrogen-bond acceptors (Lipinski definition) is 12. The van der Waals surface area contributed by atoms with Crippen molar-refractivity contribution >= 4 is 21.5 Å². The van der Waals surface area contributed by atoms with Crippen LogP contribution in [0.5, 0.6) is 11.8 Å². The molecule has 5 aromatic rings. The third-order valence-corrected chi connectivity index (χ3v) is 9.89. The summed E-state index contributed by atoms with van der Waals surface area (Å²) in [5, 5.41) is 8.26. The van der Waals surface area contributed by atoms with Gasteiger partial charge in [-0.1, -0.05) is 6.92 Å². The summed E-state index contributed by atoms with van der Waals surface area (Å²) >= 11 is 0. The van der Waals surface area contributed by atoms with Gasteiger partial charge in [0.05, 0.1) is 24.6 Å². The van der Waals surface area contributed by atoms with Gasteiger partial charge < -0.3 is 28.2 Å². The predicted octanol–water partition coefficient (Wildman–Crippen LogP) is 3.89. The summed E-state index contributed by atoms with van der Waals surface area (Å²) in [5.41, 5.74) is 2.01. The quantitative estimate of drug-likeness (QED) is 0.160. The molecule has 0 amide bonds. The van der Waals surface area contributed by atoms with Gasteiger partial charge in [-0.3, -0.25) is 0 Å². The summed E-state index contributed by atoms with van der Waals surface area (Å²) in [6.45, 7) is 7.02. The topological polar surface area (TPSA) is 148 Å². The molecule has 3 aromatic carbocycles. The van der Waals surface area contributed by atoms with Crippen LogP contribution in [0.25, 0.3) is 5.69 Å². The Labute approximate surface area is 310 Å². The van der Waals surface area contributed by atoms with Crippen LogP contribution in [0.4, 0.5) is 20.2 Å². The fourth-order valence-corrected chi connectivity index (χ4v) is 6.87. The first kappa shape index (κ1) is 37.0. The number of piperazine rings is 1. The molecular formula is C36H40F2N8O7S. The maximum atomic E-state index is 14.9. The zero-order chi connectivity index (χ0) is 38.0. The minimum atomic E-state index is -3.92. The standard InChI is InChI=1S/C36H40F2N8O7S/c1-4-25(2)46-35(47)45(34(41-46)53-54(3,48)49)29-8-6-27(7-9-29)42-15-17-43(18-16-42)28-10-12-30(13-11-28)50-20-31-21-51-36(52-31,22-44-24-39-23-40-44)32-14-5-26(37)19-33(32)38/h5-14,19,23-25,31H,4,15-18,20-22H2,1-3H3. The molecule has 2 aliphatic heterocycles. The van der Waals surface area contributed by atoms with Gasteiger partial charge in [0.25, 0.3) is 0 Å². The summed E-state index contributed by atoms with van der Waals surface area (Å²) in [5.74, 6) is -2.41. The minimum absolute atomic E-state index is 0.00912. The Bertz CT molecular complexity index is 2230. The molecule has 7 rings (SSSR count). The molecule has 0 radical (unpaired) electrons. The van der Waals surface area contributed by atoms with Crippen LogP contribution in [0.3, 0.4) is 0 Å². The van der Waals surface area contributed by atoms with E-state index in [4.69, 9.17) is 18.4 Å². The van der Waals surface area contributed by atoms with Crippen LogP contribution in [0.1, 0.15) is 31.9 Å². The van der Waals surface area contributed by atoms with E-state index in [1.165, 1.54) is 32.7 Å². The Morgan fingerprint density at radius 2 is 1.61 bits per heavy atom. The van der Waals surface area contributed by atoms with Crippen molar-refractivity contribution in [2.45, 2.75) is 44.7 Å². The highest BCUT2D eigenvalue weighted by molar-refractivity contribution is 7.86.